The number of carbonyl (C=O) groups excluding carboxylic acids is 2. The maximum atomic E-state index is 12.8. The molecule has 4 fully saturated rings. The summed E-state index contributed by atoms with van der Waals surface area (Å²) in [6.07, 6.45) is 15.4. The van der Waals surface area contributed by atoms with Gasteiger partial charge in [-0.05, 0) is 191 Å². The summed E-state index contributed by atoms with van der Waals surface area (Å²) < 4.78 is 31.8. The Morgan fingerprint density at radius 3 is 1.41 bits per heavy atom. The molecular formula is C64H85Cl3N14O4P2. The summed E-state index contributed by atoms with van der Waals surface area (Å²) in [5.74, 6) is 1.27. The predicted octanol–water partition coefficient (Wildman–Crippen LogP) is 14.0. The van der Waals surface area contributed by atoms with Crippen molar-refractivity contribution in [1.82, 2.24) is 29.7 Å². The van der Waals surface area contributed by atoms with Gasteiger partial charge in [-0.3, -0.25) is 9.59 Å². The molecule has 0 atom stereocenters. The van der Waals surface area contributed by atoms with Crippen LogP contribution in [-0.4, -0.2) is 134 Å². The topological polar surface area (TPSA) is 219 Å². The maximum absolute atomic E-state index is 12.8. The van der Waals surface area contributed by atoms with Gasteiger partial charge in [-0.15, -0.1) is 0 Å². The van der Waals surface area contributed by atoms with Crippen molar-refractivity contribution in [2.24, 2.45) is 10.8 Å². The number of carbonyl (C=O) groups is 2. The van der Waals surface area contributed by atoms with Crippen LogP contribution in [0, 0.1) is 10.8 Å². The highest BCUT2D eigenvalue weighted by Crippen LogP contribution is 2.50. The van der Waals surface area contributed by atoms with E-state index in [9.17, 15) is 18.7 Å². The van der Waals surface area contributed by atoms with Gasteiger partial charge in [-0.2, -0.15) is 9.97 Å². The molecule has 0 bridgehead atoms. The van der Waals surface area contributed by atoms with Crippen LogP contribution in [0.5, 0.6) is 0 Å². The highest BCUT2D eigenvalue weighted by molar-refractivity contribution is 7.70. The van der Waals surface area contributed by atoms with Gasteiger partial charge in [0.05, 0.1) is 46.5 Å². The van der Waals surface area contributed by atoms with Gasteiger partial charge < -0.3 is 61.0 Å². The predicted molar refractivity (Wildman–Crippen MR) is 368 cm³/mol. The van der Waals surface area contributed by atoms with Gasteiger partial charge in [0.2, 0.25) is 23.0 Å². The van der Waals surface area contributed by atoms with Gasteiger partial charge >= 0.3 is 0 Å². The largest absolute Gasteiger partial charge is 0.397 e. The van der Waals surface area contributed by atoms with Crippen LogP contribution >= 0.6 is 49.1 Å². The fourth-order valence-corrected chi connectivity index (χ4v) is 14.3. The number of anilines is 12. The lowest BCUT2D eigenvalue weighted by molar-refractivity contribution is -0.112. The van der Waals surface area contributed by atoms with E-state index >= 15 is 0 Å². The molecule has 23 heteroatoms. The Kier molecular flexibility index (Phi) is 22.7. The second kappa shape index (κ2) is 29.7. The molecule has 2 saturated carbocycles. The average molecular weight is 1280 g/mol. The summed E-state index contributed by atoms with van der Waals surface area (Å²) >= 11 is 17.5. The van der Waals surface area contributed by atoms with Crippen LogP contribution in [0.3, 0.4) is 0 Å². The van der Waals surface area contributed by atoms with E-state index in [4.69, 9.17) is 41.9 Å². The highest BCUT2D eigenvalue weighted by atomic mass is 35.5. The van der Waals surface area contributed by atoms with Crippen molar-refractivity contribution < 1.29 is 20.1 Å². The van der Waals surface area contributed by atoms with E-state index in [1.54, 1.807) is 39.8 Å². The third kappa shape index (κ3) is 17.9. The molecule has 0 unspecified atom stereocenters. The van der Waals surface area contributed by atoms with E-state index in [1.807, 2.05) is 78.9 Å². The van der Waals surface area contributed by atoms with Gasteiger partial charge in [0.25, 0.3) is 0 Å². The van der Waals surface area contributed by atoms with E-state index in [-0.39, 0.29) is 5.91 Å². The number of para-hydroxylation sites is 2. The molecule has 18 nitrogen and oxygen atoms in total. The Labute approximate surface area is 530 Å². The van der Waals surface area contributed by atoms with Crippen LogP contribution in [0.15, 0.2) is 123 Å². The summed E-state index contributed by atoms with van der Waals surface area (Å²) in [5.41, 5.74) is 13.7. The summed E-state index contributed by atoms with van der Waals surface area (Å²) in [6, 6.07) is 28.1. The first-order valence-corrected chi connectivity index (χ1v) is 35.3. The number of halogens is 3. The number of nitrogens with one attached hydrogen (secondary N) is 5. The standard InChI is InChI=1S/C31H39ClN7O2P.C28H37ClN7OP.C3H3ClO.C2H6/c1-6-28(40)35-25-17-21(11-12-26(25)39-19-31(20-39)15-13-22(14-16-31)38(2)3)34-30-33-18-23(32)29(37-30)36-24-9-7-8-10-27(24)42(4,5)41;1-35(2)20-11-13-28(14-12-20)17-36(18-28)24-10-9-19(15-22(24)30)32-27-31-16-21(29)26(34-27)33-23-7-5-6-8-25(23)38(3,4)37;1-2-3(4)5;1-2/h6-12,17-18,22H,1,13-16,19-20H2,2-5H3,(H,35,40)(H2,33,34,36,37);5-10,15-16,20H,11-14,17-18,30H2,1-4H3,(H2,31,32,33,34);2H,1H2;1-2H3/i;;;1D. The Morgan fingerprint density at radius 2 is 1.03 bits per heavy atom. The minimum Gasteiger partial charge on any atom is -0.397 e. The first-order valence-electron chi connectivity index (χ1n) is 29.7. The molecule has 7 N–H and O–H groups in total. The SMILES string of the molecule is C=CC(=O)Cl.C=CC(=O)Nc1cc(Nc2ncc(Cl)c(Nc3ccccc3P(C)(C)=O)n2)ccc1N1CC2(CCC(N(C)C)CC2)C1.CN(C)C1CCC2(CC1)CN(c1ccc(Nc3ncc(Cl)c(Nc4ccccc4P(C)(C)=O)n3)cc1N)C2.[2H]CC. The third-order valence-corrected chi connectivity index (χ3v) is 20.2. The molecule has 10 rings (SSSR count). The lowest BCUT2D eigenvalue weighted by atomic mass is 9.67. The molecule has 1 amide bonds. The summed E-state index contributed by atoms with van der Waals surface area (Å²) in [6.45, 7) is 20.0. The first kappa shape index (κ1) is 66.5. The molecule has 2 saturated heterocycles. The number of hydrogen-bond acceptors (Lipinski definition) is 17. The number of aromatic nitrogens is 4. The monoisotopic (exact) mass is 1280 g/mol. The lowest BCUT2D eigenvalue weighted by Crippen LogP contribution is -2.59. The minimum absolute atomic E-state index is 0.271. The first-order chi connectivity index (χ1) is 41.7. The molecule has 2 aliphatic heterocycles. The molecule has 4 heterocycles. The smallest absolute Gasteiger partial charge is 0.247 e. The Hall–Kier alpha value is -6.49. The Balaban J connectivity index is 0.000000225. The van der Waals surface area contributed by atoms with Crippen LogP contribution in [0.25, 0.3) is 0 Å². The van der Waals surface area contributed by atoms with Crippen LogP contribution in [0.4, 0.5) is 69.0 Å². The third-order valence-electron chi connectivity index (χ3n) is 16.4. The van der Waals surface area contributed by atoms with E-state index in [2.05, 4.69) is 114 Å². The normalized spacial score (nSPS) is 16.9. The quantitative estimate of drug-likeness (QED) is 0.0216. The number of rotatable bonds is 17. The number of amides is 1. The number of benzene rings is 4. The van der Waals surface area contributed by atoms with Crippen molar-refractivity contribution in [2.45, 2.75) is 77.3 Å². The molecule has 2 spiro atoms. The number of nitrogen functional groups attached to an aromatic ring is 1. The molecule has 4 aliphatic rings. The van der Waals surface area contributed by atoms with Gasteiger partial charge in [0.15, 0.2) is 11.6 Å². The Morgan fingerprint density at radius 1 is 0.644 bits per heavy atom. The van der Waals surface area contributed by atoms with Crippen LogP contribution < -0.4 is 52.7 Å². The number of allylic oxidation sites excluding steroid dienone is 1. The zero-order valence-electron chi connectivity index (χ0n) is 52.5. The van der Waals surface area contributed by atoms with Crippen molar-refractivity contribution in [3.8, 4) is 0 Å². The maximum Gasteiger partial charge on any atom is 0.247 e. The van der Waals surface area contributed by atoms with E-state index in [0.29, 0.717) is 91.4 Å². The molecule has 466 valence electrons. The molecule has 4 aromatic carbocycles. The summed E-state index contributed by atoms with van der Waals surface area (Å²) in [4.78, 5) is 49.1. The number of nitrogens with zero attached hydrogens (tertiary/aromatic N) is 8. The molecule has 2 aromatic heterocycles. The highest BCUT2D eigenvalue weighted by Gasteiger charge is 2.47. The fourth-order valence-electron chi connectivity index (χ4n) is 11.7. The van der Waals surface area contributed by atoms with E-state index in [1.165, 1.54) is 63.6 Å². The van der Waals surface area contributed by atoms with Crippen LogP contribution in [0.1, 0.15) is 66.6 Å². The second-order valence-corrected chi connectivity index (χ2v) is 31.4. The summed E-state index contributed by atoms with van der Waals surface area (Å²) in [5, 5.41) is 17.5. The van der Waals surface area contributed by atoms with Gasteiger partial charge in [-0.1, -0.05) is 74.4 Å². The van der Waals surface area contributed by atoms with E-state index < -0.39 is 19.5 Å². The zero-order valence-corrected chi connectivity index (χ0v) is 55.5. The van der Waals surface area contributed by atoms with Crippen molar-refractivity contribution in [3.05, 3.63) is 133 Å². The van der Waals surface area contributed by atoms with Crippen molar-refractivity contribution in [3.63, 3.8) is 0 Å². The molecular weight excluding hydrogens is 1200 g/mol. The van der Waals surface area contributed by atoms with E-state index in [0.717, 1.165) is 60.3 Å². The number of hydrogen-bond donors (Lipinski definition) is 6. The number of nitrogens with two attached hydrogens (primary N) is 1. The second-order valence-electron chi connectivity index (χ2n) is 23.8. The summed E-state index contributed by atoms with van der Waals surface area (Å²) in [7, 11) is 3.69. The van der Waals surface area contributed by atoms with Crippen LogP contribution in [0.2, 0.25) is 10.0 Å². The van der Waals surface area contributed by atoms with Gasteiger partial charge in [0, 0.05) is 72.4 Å². The Bertz CT molecular complexity index is 3520. The lowest BCUT2D eigenvalue weighted by Gasteiger charge is -2.55. The molecule has 6 aromatic rings. The van der Waals surface area contributed by atoms with Gasteiger partial charge in [-0.25, -0.2) is 9.97 Å². The average Bonchev–Trinajstić information content (AvgIpc) is 0.814. The molecule has 2 aliphatic carbocycles. The van der Waals surface area contributed by atoms with Crippen LogP contribution in [-0.2, 0) is 18.7 Å². The fraction of sp³-hybridized carbons (Fsp3) is 0.406. The minimum atomic E-state index is -2.54. The molecule has 0 radical (unpaired) electrons. The molecule has 87 heavy (non-hydrogen) atoms. The zero-order chi connectivity index (χ0) is 64.1. The van der Waals surface area contributed by atoms with Crippen molar-refractivity contribution in [2.75, 3.05) is 123 Å². The van der Waals surface area contributed by atoms with Crippen molar-refractivity contribution >= 4 is 140 Å². The van der Waals surface area contributed by atoms with Crippen molar-refractivity contribution in [1.29, 1.82) is 0 Å². The van der Waals surface area contributed by atoms with Gasteiger partial charge in [0.1, 0.15) is 24.3 Å².